The average Bonchev–Trinajstić information content (AvgIpc) is 2.49. The van der Waals surface area contributed by atoms with Gasteiger partial charge in [-0.2, -0.15) is 0 Å². The molecule has 2 N–H and O–H groups in total. The number of hydrogen-bond donors (Lipinski definition) is 2. The Kier molecular flexibility index (Phi) is 5.83. The molecule has 1 aromatic carbocycles. The summed E-state index contributed by atoms with van der Waals surface area (Å²) < 4.78 is 5.18. The summed E-state index contributed by atoms with van der Waals surface area (Å²) in [5, 5.41) is 13.6. The molecule has 0 radical (unpaired) electrons. The molecule has 1 fully saturated rings. The lowest BCUT2D eigenvalue weighted by molar-refractivity contribution is 0.165. The first-order valence-corrected chi connectivity index (χ1v) is 7.40. The van der Waals surface area contributed by atoms with Gasteiger partial charge in [0.2, 0.25) is 0 Å². The third-order valence-corrected chi connectivity index (χ3v) is 4.09. The standard InChI is InChI=1S/C16H26N2O2/c1-18-8-6-13(7-9-18)11-17-12-16(19)14-4-3-5-15(10-14)20-2/h3-5,10,13,16-17,19H,6-9,11-12H2,1-2H3. The van der Waals surface area contributed by atoms with E-state index in [4.69, 9.17) is 4.74 Å². The van der Waals surface area contributed by atoms with Crippen molar-refractivity contribution in [3.05, 3.63) is 29.8 Å². The van der Waals surface area contributed by atoms with Crippen LogP contribution in [0.5, 0.6) is 5.75 Å². The number of methoxy groups -OCH3 is 1. The molecule has 4 heteroatoms. The number of aliphatic hydroxyl groups excluding tert-OH is 1. The lowest BCUT2D eigenvalue weighted by Crippen LogP contribution is -2.36. The van der Waals surface area contributed by atoms with Crippen molar-refractivity contribution in [3.8, 4) is 5.75 Å². The van der Waals surface area contributed by atoms with E-state index in [9.17, 15) is 5.11 Å². The van der Waals surface area contributed by atoms with Crippen molar-refractivity contribution in [2.45, 2.75) is 18.9 Å². The Balaban J connectivity index is 1.73. The molecule has 1 heterocycles. The first-order chi connectivity index (χ1) is 9.69. The van der Waals surface area contributed by atoms with Crippen LogP contribution in [0, 0.1) is 5.92 Å². The molecular weight excluding hydrogens is 252 g/mol. The van der Waals surface area contributed by atoms with Gasteiger partial charge >= 0.3 is 0 Å². The minimum atomic E-state index is -0.476. The predicted octanol–water partition coefficient (Wildman–Crippen LogP) is 1.66. The van der Waals surface area contributed by atoms with E-state index in [0.717, 1.165) is 23.8 Å². The van der Waals surface area contributed by atoms with Gasteiger partial charge in [-0.15, -0.1) is 0 Å². The van der Waals surface area contributed by atoms with E-state index >= 15 is 0 Å². The zero-order chi connectivity index (χ0) is 14.4. The summed E-state index contributed by atoms with van der Waals surface area (Å²) in [4.78, 5) is 2.38. The lowest BCUT2D eigenvalue weighted by atomic mass is 9.97. The Bertz CT molecular complexity index is 403. The molecule has 0 aromatic heterocycles. The maximum Gasteiger partial charge on any atom is 0.119 e. The maximum absolute atomic E-state index is 10.2. The van der Waals surface area contributed by atoms with Crippen LogP contribution >= 0.6 is 0 Å². The van der Waals surface area contributed by atoms with Crippen molar-refractivity contribution >= 4 is 0 Å². The SMILES string of the molecule is COc1cccc(C(O)CNCC2CCN(C)CC2)c1. The molecule has 0 aliphatic carbocycles. The molecule has 1 aliphatic rings. The summed E-state index contributed by atoms with van der Waals surface area (Å²) in [6.45, 7) is 3.96. The number of benzene rings is 1. The van der Waals surface area contributed by atoms with Gasteiger partial charge in [0.15, 0.2) is 0 Å². The molecule has 2 rings (SSSR count). The Morgan fingerprint density at radius 1 is 1.40 bits per heavy atom. The quantitative estimate of drug-likeness (QED) is 0.831. The molecule has 1 saturated heterocycles. The van der Waals surface area contributed by atoms with Crippen molar-refractivity contribution in [1.82, 2.24) is 10.2 Å². The fourth-order valence-electron chi connectivity index (χ4n) is 2.66. The number of aliphatic hydroxyl groups is 1. The summed E-state index contributed by atoms with van der Waals surface area (Å²) in [6, 6.07) is 7.63. The number of rotatable bonds is 6. The Morgan fingerprint density at radius 2 is 2.15 bits per heavy atom. The molecule has 1 aromatic rings. The van der Waals surface area contributed by atoms with Crippen LogP contribution in [0.3, 0.4) is 0 Å². The first kappa shape index (κ1) is 15.3. The van der Waals surface area contributed by atoms with Crippen LogP contribution in [-0.2, 0) is 0 Å². The topological polar surface area (TPSA) is 44.7 Å². The number of nitrogens with zero attached hydrogens (tertiary/aromatic N) is 1. The molecule has 0 saturated carbocycles. The number of likely N-dealkylation sites (tertiary alicyclic amines) is 1. The van der Waals surface area contributed by atoms with Crippen LogP contribution in [0.15, 0.2) is 24.3 Å². The first-order valence-electron chi connectivity index (χ1n) is 7.40. The highest BCUT2D eigenvalue weighted by Gasteiger charge is 2.16. The summed E-state index contributed by atoms with van der Waals surface area (Å²) in [6.07, 6.45) is 2.02. The number of nitrogens with one attached hydrogen (secondary N) is 1. The van der Waals surface area contributed by atoms with Gasteiger partial charge in [-0.1, -0.05) is 12.1 Å². The largest absolute Gasteiger partial charge is 0.497 e. The van der Waals surface area contributed by atoms with E-state index in [-0.39, 0.29) is 0 Å². The van der Waals surface area contributed by atoms with Crippen LogP contribution in [0.25, 0.3) is 0 Å². The van der Waals surface area contributed by atoms with Crippen molar-refractivity contribution in [2.24, 2.45) is 5.92 Å². The summed E-state index contributed by atoms with van der Waals surface area (Å²) >= 11 is 0. The summed E-state index contributed by atoms with van der Waals surface area (Å²) in [7, 11) is 3.82. The van der Waals surface area contributed by atoms with Crippen molar-refractivity contribution in [1.29, 1.82) is 0 Å². The van der Waals surface area contributed by atoms with E-state index < -0.39 is 6.10 Å². The maximum atomic E-state index is 10.2. The second-order valence-corrected chi connectivity index (χ2v) is 5.70. The monoisotopic (exact) mass is 278 g/mol. The van der Waals surface area contributed by atoms with E-state index in [0.29, 0.717) is 6.54 Å². The smallest absolute Gasteiger partial charge is 0.119 e. The molecular formula is C16H26N2O2. The molecule has 0 spiro atoms. The van der Waals surface area contributed by atoms with Crippen LogP contribution in [0.1, 0.15) is 24.5 Å². The number of hydrogen-bond acceptors (Lipinski definition) is 4. The number of piperidine rings is 1. The highest BCUT2D eigenvalue weighted by atomic mass is 16.5. The summed E-state index contributed by atoms with van der Waals surface area (Å²) in [5.41, 5.74) is 0.903. The second-order valence-electron chi connectivity index (χ2n) is 5.70. The fourth-order valence-corrected chi connectivity index (χ4v) is 2.66. The molecule has 1 atom stereocenters. The van der Waals surface area contributed by atoms with Crippen molar-refractivity contribution in [2.75, 3.05) is 40.3 Å². The zero-order valence-electron chi connectivity index (χ0n) is 12.5. The summed E-state index contributed by atoms with van der Waals surface area (Å²) in [5.74, 6) is 1.53. The third kappa shape index (κ3) is 4.47. The van der Waals surface area contributed by atoms with Gasteiger partial charge in [0.25, 0.3) is 0 Å². The average molecular weight is 278 g/mol. The Morgan fingerprint density at radius 3 is 2.85 bits per heavy atom. The Hall–Kier alpha value is -1.10. The molecule has 1 aliphatic heterocycles. The van der Waals surface area contributed by atoms with Gasteiger partial charge in [-0.25, -0.2) is 0 Å². The van der Waals surface area contributed by atoms with Crippen LogP contribution in [0.4, 0.5) is 0 Å². The van der Waals surface area contributed by atoms with Gasteiger partial charge < -0.3 is 20.1 Å². The molecule has 1 unspecified atom stereocenters. The molecule has 4 nitrogen and oxygen atoms in total. The Labute approximate surface area is 121 Å². The van der Waals surface area contributed by atoms with Crippen LogP contribution < -0.4 is 10.1 Å². The normalized spacial score (nSPS) is 18.9. The minimum absolute atomic E-state index is 0.476. The van der Waals surface area contributed by atoms with E-state index in [1.807, 2.05) is 24.3 Å². The highest BCUT2D eigenvalue weighted by Crippen LogP contribution is 2.19. The second kappa shape index (κ2) is 7.62. The van der Waals surface area contributed by atoms with E-state index in [1.54, 1.807) is 7.11 Å². The molecule has 20 heavy (non-hydrogen) atoms. The van der Waals surface area contributed by atoms with Crippen LogP contribution in [-0.4, -0.2) is 50.3 Å². The number of ether oxygens (including phenoxy) is 1. The molecule has 112 valence electrons. The van der Waals surface area contributed by atoms with E-state index in [1.165, 1.54) is 25.9 Å². The van der Waals surface area contributed by atoms with Crippen molar-refractivity contribution < 1.29 is 9.84 Å². The van der Waals surface area contributed by atoms with Crippen LogP contribution in [0.2, 0.25) is 0 Å². The van der Waals surface area contributed by atoms with Gasteiger partial charge in [0.05, 0.1) is 13.2 Å². The predicted molar refractivity (Wildman–Crippen MR) is 81.0 cm³/mol. The van der Waals surface area contributed by atoms with Gasteiger partial charge in [-0.05, 0) is 63.1 Å². The van der Waals surface area contributed by atoms with Crippen molar-refractivity contribution in [3.63, 3.8) is 0 Å². The lowest BCUT2D eigenvalue weighted by Gasteiger charge is -2.29. The highest BCUT2D eigenvalue weighted by molar-refractivity contribution is 5.29. The third-order valence-electron chi connectivity index (χ3n) is 4.09. The fraction of sp³-hybridized carbons (Fsp3) is 0.625. The molecule has 0 bridgehead atoms. The van der Waals surface area contributed by atoms with Gasteiger partial charge in [0.1, 0.15) is 5.75 Å². The van der Waals surface area contributed by atoms with E-state index in [2.05, 4.69) is 17.3 Å². The van der Waals surface area contributed by atoms with Gasteiger partial charge in [0, 0.05) is 6.54 Å². The zero-order valence-corrected chi connectivity index (χ0v) is 12.5. The molecule has 0 amide bonds. The minimum Gasteiger partial charge on any atom is -0.497 e. The van der Waals surface area contributed by atoms with Gasteiger partial charge in [-0.3, -0.25) is 0 Å².